The van der Waals surface area contributed by atoms with E-state index in [0.29, 0.717) is 40.9 Å². The van der Waals surface area contributed by atoms with E-state index in [2.05, 4.69) is 26.5 Å². The number of hydrogen-bond donors (Lipinski definition) is 6. The van der Waals surface area contributed by atoms with Crippen molar-refractivity contribution in [2.75, 3.05) is 18.0 Å². The second kappa shape index (κ2) is 14.5. The third-order valence-electron chi connectivity index (χ3n) is 7.17. The van der Waals surface area contributed by atoms with Crippen molar-refractivity contribution in [2.45, 2.75) is 37.6 Å². The molecule has 12 heteroatoms. The lowest BCUT2D eigenvalue weighted by molar-refractivity contribution is -0.139. The lowest BCUT2D eigenvalue weighted by Gasteiger charge is -2.17. The molecule has 4 rings (SSSR count). The van der Waals surface area contributed by atoms with Gasteiger partial charge in [0.2, 0.25) is 0 Å². The summed E-state index contributed by atoms with van der Waals surface area (Å²) in [5.41, 5.74) is 15.7. The average Bonchev–Trinajstić information content (AvgIpc) is 3.02. The van der Waals surface area contributed by atoms with Gasteiger partial charge in [-0.1, -0.05) is 24.3 Å². The van der Waals surface area contributed by atoms with Gasteiger partial charge in [0.05, 0.1) is 28.0 Å². The fourth-order valence-corrected chi connectivity index (χ4v) is 4.88. The van der Waals surface area contributed by atoms with Crippen LogP contribution >= 0.6 is 0 Å². The minimum atomic E-state index is -1.23. The summed E-state index contributed by atoms with van der Waals surface area (Å²) in [5, 5.41) is 24.0. The predicted molar refractivity (Wildman–Crippen MR) is 169 cm³/mol. The van der Waals surface area contributed by atoms with Crippen LogP contribution in [0, 0.1) is 12.3 Å². The molecule has 2 unspecified atom stereocenters. The first-order chi connectivity index (χ1) is 21.6. The number of carboxylic acid groups (broad SMARTS) is 2. The average molecular weight is 609 g/mol. The quantitative estimate of drug-likeness (QED) is 0.0741. The van der Waals surface area contributed by atoms with Gasteiger partial charge in [0.25, 0.3) is 11.8 Å². The van der Waals surface area contributed by atoms with Gasteiger partial charge in [0.15, 0.2) is 0 Å². The zero-order chi connectivity index (χ0) is 32.5. The second-order valence-corrected chi connectivity index (χ2v) is 10.4. The summed E-state index contributed by atoms with van der Waals surface area (Å²) in [6, 6.07) is 14.6. The third-order valence-corrected chi connectivity index (χ3v) is 7.17. The number of amides is 2. The molecule has 3 aromatic carbocycles. The number of nitrogens with zero attached hydrogens (tertiary/aromatic N) is 2. The number of hydrogen-bond acceptors (Lipinski definition) is 8. The molecular weight excluding hydrogens is 576 g/mol. The van der Waals surface area contributed by atoms with Crippen LogP contribution in [-0.2, 0) is 11.2 Å². The van der Waals surface area contributed by atoms with Crippen LogP contribution in [0.2, 0.25) is 0 Å². The summed E-state index contributed by atoms with van der Waals surface area (Å²) in [5.74, 6) is -1.06. The van der Waals surface area contributed by atoms with Crippen LogP contribution < -0.4 is 22.1 Å². The van der Waals surface area contributed by atoms with Gasteiger partial charge in [-0.05, 0) is 61.2 Å². The molecule has 45 heavy (non-hydrogen) atoms. The molecule has 0 saturated carbocycles. The minimum absolute atomic E-state index is 0.00140. The number of aromatic carboxylic acids is 1. The molecule has 2 atom stereocenters. The summed E-state index contributed by atoms with van der Waals surface area (Å²) in [7, 11) is 0. The number of fused-ring (bicyclic) bond motifs is 1. The molecule has 8 N–H and O–H groups in total. The first kappa shape index (κ1) is 32.0. The highest BCUT2D eigenvalue weighted by atomic mass is 16.4. The number of carboxylic acids is 2. The summed E-state index contributed by atoms with van der Waals surface area (Å²) in [4.78, 5) is 57.6. The fraction of sp³-hybridized carbons (Fsp3) is 0.212. The molecule has 0 fully saturated rings. The molecule has 0 saturated heterocycles. The molecule has 230 valence electrons. The van der Waals surface area contributed by atoms with E-state index in [1.165, 1.54) is 18.2 Å². The largest absolute Gasteiger partial charge is 0.480 e. The number of aliphatic carboxylic acids is 1. The fourth-order valence-electron chi connectivity index (χ4n) is 4.88. The van der Waals surface area contributed by atoms with E-state index in [4.69, 9.17) is 17.9 Å². The van der Waals surface area contributed by atoms with Crippen molar-refractivity contribution in [1.29, 1.82) is 0 Å². The van der Waals surface area contributed by atoms with Crippen LogP contribution in [0.4, 0.5) is 11.4 Å². The van der Waals surface area contributed by atoms with E-state index in [-0.39, 0.29) is 42.0 Å². The van der Waals surface area contributed by atoms with Crippen molar-refractivity contribution < 1.29 is 29.4 Å². The van der Waals surface area contributed by atoms with Crippen molar-refractivity contribution in [2.24, 2.45) is 0 Å². The monoisotopic (exact) mass is 608 g/mol. The van der Waals surface area contributed by atoms with Crippen LogP contribution in [-0.4, -0.2) is 56.5 Å². The first-order valence-corrected chi connectivity index (χ1v) is 14.1. The number of nitrogens with two attached hydrogens (primary N) is 2. The van der Waals surface area contributed by atoms with Crippen LogP contribution in [0.15, 0.2) is 66.9 Å². The number of anilines is 2. The van der Waals surface area contributed by atoms with Crippen molar-refractivity contribution >= 4 is 46.2 Å². The summed E-state index contributed by atoms with van der Waals surface area (Å²) < 4.78 is 0. The number of nitrogens with one attached hydrogen (secondary N) is 2. The summed E-state index contributed by atoms with van der Waals surface area (Å²) in [6.45, 7) is 0.0833. The van der Waals surface area contributed by atoms with E-state index in [0.717, 1.165) is 5.56 Å². The second-order valence-electron chi connectivity index (χ2n) is 10.4. The van der Waals surface area contributed by atoms with Gasteiger partial charge in [0, 0.05) is 36.3 Å². The van der Waals surface area contributed by atoms with Gasteiger partial charge in [-0.2, -0.15) is 0 Å². The Balaban J connectivity index is 1.35. The van der Waals surface area contributed by atoms with Crippen molar-refractivity contribution in [3.63, 3.8) is 0 Å². The number of benzene rings is 3. The Morgan fingerprint density at radius 2 is 1.67 bits per heavy atom. The molecule has 0 spiro atoms. The van der Waals surface area contributed by atoms with Crippen molar-refractivity contribution in [1.82, 2.24) is 20.6 Å². The molecule has 0 aliphatic rings. The Morgan fingerprint density at radius 1 is 0.956 bits per heavy atom. The third kappa shape index (κ3) is 8.11. The summed E-state index contributed by atoms with van der Waals surface area (Å²) in [6.07, 6.45) is 8.43. The zero-order valence-electron chi connectivity index (χ0n) is 24.2. The van der Waals surface area contributed by atoms with Crippen molar-refractivity contribution in [3.8, 4) is 12.3 Å². The predicted octanol–water partition coefficient (Wildman–Crippen LogP) is 3.24. The van der Waals surface area contributed by atoms with Gasteiger partial charge in [-0.3, -0.25) is 14.6 Å². The molecule has 0 bridgehead atoms. The normalized spacial score (nSPS) is 12.1. The van der Waals surface area contributed by atoms with Gasteiger partial charge in [-0.25, -0.2) is 14.6 Å². The molecule has 4 aromatic rings. The molecule has 0 aliphatic carbocycles. The minimum Gasteiger partial charge on any atom is -0.480 e. The molecule has 1 heterocycles. The van der Waals surface area contributed by atoms with Gasteiger partial charge in [0.1, 0.15) is 11.6 Å². The lowest BCUT2D eigenvalue weighted by atomic mass is 9.91. The van der Waals surface area contributed by atoms with Crippen LogP contribution in [0.25, 0.3) is 11.0 Å². The molecule has 1 aromatic heterocycles. The Morgan fingerprint density at radius 3 is 2.33 bits per heavy atom. The maximum Gasteiger partial charge on any atom is 0.336 e. The Hall–Kier alpha value is -5.96. The highest BCUT2D eigenvalue weighted by Gasteiger charge is 2.22. The summed E-state index contributed by atoms with van der Waals surface area (Å²) >= 11 is 0. The van der Waals surface area contributed by atoms with E-state index < -0.39 is 29.8 Å². The molecule has 2 amide bonds. The maximum absolute atomic E-state index is 12.9. The first-order valence-electron chi connectivity index (χ1n) is 14.1. The lowest BCUT2D eigenvalue weighted by Crippen LogP contribution is -2.41. The van der Waals surface area contributed by atoms with E-state index in [9.17, 15) is 29.4 Å². The van der Waals surface area contributed by atoms with E-state index in [1.54, 1.807) is 48.7 Å². The standard InChI is InChI=1S/C33H32N6O6/c1-2-6-21(15-23-18-37-28-17-22(34)16-26(35)29(28)38-23)19-10-12-20(13-11-19)30(40)39-27(33(44)45)9-5-14-36-31(41)24-7-3-4-8-25(24)32(42)43/h1,3-4,7-8,10-13,16-18,21,27H,5-6,9,14-15,34-35H2,(H,36,41)(H,39,40)(H,42,43)(H,44,45). The number of carbonyl (C=O) groups excluding carboxylic acids is 2. The van der Waals surface area contributed by atoms with Crippen molar-refractivity contribution in [3.05, 3.63) is 94.8 Å². The van der Waals surface area contributed by atoms with E-state index >= 15 is 0 Å². The Bertz CT molecular complexity index is 1780. The molecule has 0 aliphatic heterocycles. The number of aromatic nitrogens is 2. The zero-order valence-corrected chi connectivity index (χ0v) is 24.2. The van der Waals surface area contributed by atoms with Crippen LogP contribution in [0.5, 0.6) is 0 Å². The highest BCUT2D eigenvalue weighted by molar-refractivity contribution is 6.04. The Labute approximate surface area is 258 Å². The number of carbonyl (C=O) groups is 4. The van der Waals surface area contributed by atoms with Crippen LogP contribution in [0.1, 0.15) is 67.5 Å². The van der Waals surface area contributed by atoms with E-state index in [1.807, 2.05) is 0 Å². The number of nitrogen functional groups attached to an aromatic ring is 2. The number of rotatable bonds is 13. The number of terminal acetylenes is 1. The molecule has 0 radical (unpaired) electrons. The molecule has 12 nitrogen and oxygen atoms in total. The topological polar surface area (TPSA) is 211 Å². The van der Waals surface area contributed by atoms with Gasteiger partial charge in [-0.15, -0.1) is 12.3 Å². The Kier molecular flexibility index (Phi) is 10.3. The smallest absolute Gasteiger partial charge is 0.336 e. The molecular formula is C33H32N6O6. The SMILES string of the molecule is C#CCC(Cc1cnc2cc(N)cc(N)c2n1)c1ccc(C(=O)NC(CCCNC(=O)c2ccccc2C(=O)O)C(=O)O)cc1. The van der Waals surface area contributed by atoms with Crippen LogP contribution in [0.3, 0.4) is 0 Å². The maximum atomic E-state index is 12.9. The van der Waals surface area contributed by atoms with Gasteiger partial charge < -0.3 is 32.3 Å². The highest BCUT2D eigenvalue weighted by Crippen LogP contribution is 2.26. The van der Waals surface area contributed by atoms with Gasteiger partial charge >= 0.3 is 11.9 Å².